The van der Waals surface area contributed by atoms with E-state index in [1.165, 1.54) is 22.5 Å². The summed E-state index contributed by atoms with van der Waals surface area (Å²) in [6, 6.07) is 12.5. The summed E-state index contributed by atoms with van der Waals surface area (Å²) in [4.78, 5) is 14.0. The molecule has 29 heavy (non-hydrogen) atoms. The molecule has 0 radical (unpaired) electrons. The number of carbonyl (C=O) groups excluding carboxylic acids is 1. The third kappa shape index (κ3) is 5.99. The molecular weight excluding hydrogens is 417 g/mol. The Kier molecular flexibility index (Phi) is 7.23. The molecule has 2 aromatic carbocycles. The molecule has 0 spiro atoms. The number of sulfonamides is 1. The van der Waals surface area contributed by atoms with Gasteiger partial charge in [0.2, 0.25) is 15.9 Å². The maximum atomic E-state index is 13.4. The van der Waals surface area contributed by atoms with Gasteiger partial charge in [0.1, 0.15) is 5.82 Å². The third-order valence-electron chi connectivity index (χ3n) is 4.78. The highest BCUT2D eigenvalue weighted by Gasteiger charge is 2.29. The highest BCUT2D eigenvalue weighted by atomic mass is 35.5. The van der Waals surface area contributed by atoms with Crippen LogP contribution in [0.25, 0.3) is 0 Å². The van der Waals surface area contributed by atoms with Crippen LogP contribution in [0.1, 0.15) is 5.56 Å². The molecule has 1 N–H and O–H groups in total. The molecule has 1 fully saturated rings. The number of rotatable bonds is 7. The Morgan fingerprint density at radius 2 is 1.76 bits per heavy atom. The zero-order valence-corrected chi connectivity index (χ0v) is 17.4. The predicted octanol–water partition coefficient (Wildman–Crippen LogP) is 2.14. The van der Waals surface area contributed by atoms with Crippen LogP contribution >= 0.6 is 11.6 Å². The van der Waals surface area contributed by atoms with Crippen molar-refractivity contribution in [1.82, 2.24) is 14.5 Å². The van der Waals surface area contributed by atoms with Gasteiger partial charge < -0.3 is 5.32 Å². The molecule has 0 aliphatic carbocycles. The molecule has 0 bridgehead atoms. The Morgan fingerprint density at radius 3 is 2.41 bits per heavy atom. The fourth-order valence-corrected chi connectivity index (χ4v) is 4.74. The molecule has 3 rings (SSSR count). The molecule has 1 amide bonds. The Bertz CT molecular complexity index is 946. The fraction of sp³-hybridized carbons (Fsp3) is 0.350. The first-order valence-corrected chi connectivity index (χ1v) is 11.2. The zero-order chi connectivity index (χ0) is 20.9. The van der Waals surface area contributed by atoms with Gasteiger partial charge in [-0.25, -0.2) is 12.8 Å². The molecule has 1 heterocycles. The van der Waals surface area contributed by atoms with Gasteiger partial charge in [-0.15, -0.1) is 0 Å². The molecule has 9 heteroatoms. The Morgan fingerprint density at radius 1 is 1.07 bits per heavy atom. The van der Waals surface area contributed by atoms with E-state index in [9.17, 15) is 17.6 Å². The number of nitrogens with one attached hydrogen (secondary N) is 1. The topological polar surface area (TPSA) is 69.7 Å². The Balaban J connectivity index is 1.43. The quantitative estimate of drug-likeness (QED) is 0.717. The van der Waals surface area contributed by atoms with Gasteiger partial charge in [-0.1, -0.05) is 29.8 Å². The van der Waals surface area contributed by atoms with Gasteiger partial charge in [0, 0.05) is 37.7 Å². The van der Waals surface area contributed by atoms with Crippen LogP contribution in [0.5, 0.6) is 0 Å². The second-order valence-electron chi connectivity index (χ2n) is 6.86. The van der Waals surface area contributed by atoms with Crippen LogP contribution in [0.15, 0.2) is 53.4 Å². The van der Waals surface area contributed by atoms with E-state index in [2.05, 4.69) is 5.32 Å². The summed E-state index contributed by atoms with van der Waals surface area (Å²) in [5.41, 5.74) is 1.09. The van der Waals surface area contributed by atoms with Crippen molar-refractivity contribution in [2.45, 2.75) is 11.3 Å². The lowest BCUT2D eigenvalue weighted by Gasteiger charge is -2.33. The van der Waals surface area contributed by atoms with Crippen molar-refractivity contribution in [3.05, 3.63) is 64.9 Å². The maximum Gasteiger partial charge on any atom is 0.243 e. The van der Waals surface area contributed by atoms with Crippen LogP contribution < -0.4 is 5.32 Å². The molecule has 1 aliphatic heterocycles. The van der Waals surface area contributed by atoms with Crippen molar-refractivity contribution < 1.29 is 17.6 Å². The number of hydrogen-bond acceptors (Lipinski definition) is 4. The minimum Gasteiger partial charge on any atom is -0.355 e. The van der Waals surface area contributed by atoms with E-state index in [0.717, 1.165) is 11.6 Å². The summed E-state index contributed by atoms with van der Waals surface area (Å²) in [6.45, 7) is 2.15. The van der Waals surface area contributed by atoms with Crippen LogP contribution in [0, 0.1) is 5.82 Å². The normalized spacial score (nSPS) is 15.9. The van der Waals surface area contributed by atoms with Gasteiger partial charge >= 0.3 is 0 Å². The maximum absolute atomic E-state index is 13.4. The second kappa shape index (κ2) is 9.67. The number of amides is 1. The molecule has 0 atom stereocenters. The monoisotopic (exact) mass is 439 g/mol. The summed E-state index contributed by atoms with van der Waals surface area (Å²) in [5, 5.41) is 3.56. The molecule has 1 aliphatic rings. The number of piperazine rings is 1. The molecule has 6 nitrogen and oxygen atoms in total. The molecule has 0 unspecified atom stereocenters. The Labute approximate surface area is 175 Å². The van der Waals surface area contributed by atoms with E-state index in [1.54, 1.807) is 0 Å². The predicted molar refractivity (Wildman–Crippen MR) is 110 cm³/mol. The fourth-order valence-electron chi connectivity index (χ4n) is 3.16. The lowest BCUT2D eigenvalue weighted by molar-refractivity contribution is -0.122. The summed E-state index contributed by atoms with van der Waals surface area (Å²) < 4.78 is 39.9. The molecular formula is C20H23ClFN3O3S. The summed E-state index contributed by atoms with van der Waals surface area (Å²) in [5.74, 6) is -0.680. The smallest absolute Gasteiger partial charge is 0.243 e. The van der Waals surface area contributed by atoms with E-state index in [-0.39, 0.29) is 30.4 Å². The van der Waals surface area contributed by atoms with Crippen molar-refractivity contribution in [3.63, 3.8) is 0 Å². The van der Waals surface area contributed by atoms with Gasteiger partial charge in [-0.2, -0.15) is 4.31 Å². The van der Waals surface area contributed by atoms with Gasteiger partial charge in [-0.3, -0.25) is 9.69 Å². The van der Waals surface area contributed by atoms with E-state index < -0.39 is 15.8 Å². The van der Waals surface area contributed by atoms with Gasteiger partial charge in [0.05, 0.1) is 11.4 Å². The molecule has 156 valence electrons. The minimum absolute atomic E-state index is 0.0501. The van der Waals surface area contributed by atoms with Crippen LogP contribution in [-0.2, 0) is 21.2 Å². The van der Waals surface area contributed by atoms with Crippen molar-refractivity contribution >= 4 is 27.5 Å². The van der Waals surface area contributed by atoms with E-state index in [0.29, 0.717) is 31.1 Å². The van der Waals surface area contributed by atoms with E-state index in [1.807, 2.05) is 29.2 Å². The van der Waals surface area contributed by atoms with Crippen LogP contribution in [0.4, 0.5) is 4.39 Å². The SMILES string of the molecule is O=C(CN1CCN(S(=O)(=O)c2cccc(F)c2)CC1)NCCc1ccc(Cl)cc1. The lowest BCUT2D eigenvalue weighted by atomic mass is 10.1. The largest absolute Gasteiger partial charge is 0.355 e. The number of benzene rings is 2. The number of halogens is 2. The summed E-state index contributed by atoms with van der Waals surface area (Å²) >= 11 is 5.85. The van der Waals surface area contributed by atoms with Crippen molar-refractivity contribution in [3.8, 4) is 0 Å². The zero-order valence-electron chi connectivity index (χ0n) is 15.9. The van der Waals surface area contributed by atoms with Gasteiger partial charge in [0.15, 0.2) is 0 Å². The summed E-state index contributed by atoms with van der Waals surface area (Å²) in [6.07, 6.45) is 0.711. The second-order valence-corrected chi connectivity index (χ2v) is 9.24. The first-order valence-electron chi connectivity index (χ1n) is 9.34. The van der Waals surface area contributed by atoms with Crippen LogP contribution in [-0.4, -0.2) is 62.8 Å². The number of hydrogen-bond donors (Lipinski definition) is 1. The minimum atomic E-state index is -3.73. The van der Waals surface area contributed by atoms with Crippen molar-refractivity contribution in [1.29, 1.82) is 0 Å². The third-order valence-corrected chi connectivity index (χ3v) is 6.93. The summed E-state index contributed by atoms with van der Waals surface area (Å²) in [7, 11) is -3.73. The van der Waals surface area contributed by atoms with Gasteiger partial charge in [-0.05, 0) is 42.3 Å². The first kappa shape index (κ1) is 21.7. The molecule has 0 aromatic heterocycles. The van der Waals surface area contributed by atoms with Crippen molar-refractivity contribution in [2.75, 3.05) is 39.3 Å². The number of nitrogens with zero attached hydrogens (tertiary/aromatic N) is 2. The molecule has 2 aromatic rings. The van der Waals surface area contributed by atoms with Crippen molar-refractivity contribution in [2.24, 2.45) is 0 Å². The van der Waals surface area contributed by atoms with E-state index >= 15 is 0 Å². The van der Waals surface area contributed by atoms with E-state index in [4.69, 9.17) is 11.6 Å². The average Bonchev–Trinajstić information content (AvgIpc) is 2.70. The Hall–Kier alpha value is -2.00. The van der Waals surface area contributed by atoms with Crippen LogP contribution in [0.3, 0.4) is 0 Å². The molecule has 0 saturated carbocycles. The molecule has 1 saturated heterocycles. The first-order chi connectivity index (χ1) is 13.8. The number of carbonyl (C=O) groups is 1. The van der Waals surface area contributed by atoms with Crippen LogP contribution in [0.2, 0.25) is 5.02 Å². The lowest BCUT2D eigenvalue weighted by Crippen LogP contribution is -2.51. The highest BCUT2D eigenvalue weighted by molar-refractivity contribution is 7.89. The highest BCUT2D eigenvalue weighted by Crippen LogP contribution is 2.18. The average molecular weight is 440 g/mol. The van der Waals surface area contributed by atoms with Gasteiger partial charge in [0.25, 0.3) is 0 Å². The standard InChI is InChI=1S/C20H23ClFN3O3S/c21-17-6-4-16(5-7-17)8-9-23-20(26)15-24-10-12-25(13-11-24)29(27,28)19-3-1-2-18(22)14-19/h1-7,14H,8-13,15H2,(H,23,26).